The number of rotatable bonds is 4. The highest BCUT2D eigenvalue weighted by Gasteiger charge is 2.19. The Kier molecular flexibility index (Phi) is 4.55. The van der Waals surface area contributed by atoms with Crippen LogP contribution in [0.15, 0.2) is 44.8 Å². The normalized spacial score (nSPS) is 14.9. The molecule has 7 nitrogen and oxygen atoms in total. The molecule has 0 bridgehead atoms. The van der Waals surface area contributed by atoms with Crippen molar-refractivity contribution in [1.29, 1.82) is 0 Å². The minimum atomic E-state index is -3.26. The second kappa shape index (κ2) is 6.51. The van der Waals surface area contributed by atoms with Crippen LogP contribution in [0.25, 0.3) is 0 Å². The number of aromatic nitrogens is 2. The lowest BCUT2D eigenvalue weighted by Gasteiger charge is -2.23. The summed E-state index contributed by atoms with van der Waals surface area (Å²) in [5, 5.41) is 0. The molecule has 0 amide bonds. The van der Waals surface area contributed by atoms with Gasteiger partial charge in [0, 0.05) is 32.5 Å². The van der Waals surface area contributed by atoms with Crippen LogP contribution < -0.4 is 16.1 Å². The van der Waals surface area contributed by atoms with Crippen LogP contribution in [0.2, 0.25) is 0 Å². The van der Waals surface area contributed by atoms with Crippen molar-refractivity contribution in [3.8, 4) is 0 Å². The van der Waals surface area contributed by atoms with E-state index in [0.717, 1.165) is 42.3 Å². The van der Waals surface area contributed by atoms with E-state index in [0.29, 0.717) is 5.82 Å². The van der Waals surface area contributed by atoms with Crippen LogP contribution in [0.1, 0.15) is 18.4 Å². The standard InChI is InChI=1S/C17H21N3O4S/c1-18-16(21)11-15(19-9-3-4-10-19)20(17(18)22)12-13-5-7-14(8-6-13)25(2,23)24/h5-8,11H,3-4,9-10,12H2,1-2H3. The molecule has 0 unspecified atom stereocenters. The van der Waals surface area contributed by atoms with Gasteiger partial charge in [0.15, 0.2) is 9.84 Å². The number of sulfone groups is 1. The van der Waals surface area contributed by atoms with Crippen LogP contribution in [0, 0.1) is 0 Å². The summed E-state index contributed by atoms with van der Waals surface area (Å²) >= 11 is 0. The highest BCUT2D eigenvalue weighted by atomic mass is 32.2. The molecule has 0 saturated carbocycles. The van der Waals surface area contributed by atoms with Crippen LogP contribution in [-0.2, 0) is 23.4 Å². The van der Waals surface area contributed by atoms with E-state index in [-0.39, 0.29) is 22.7 Å². The fourth-order valence-electron chi connectivity index (χ4n) is 3.04. The van der Waals surface area contributed by atoms with Crippen LogP contribution >= 0.6 is 0 Å². The van der Waals surface area contributed by atoms with Gasteiger partial charge in [-0.2, -0.15) is 0 Å². The Balaban J connectivity index is 2.03. The van der Waals surface area contributed by atoms with E-state index in [1.165, 1.54) is 25.2 Å². The molecule has 134 valence electrons. The molecule has 0 atom stereocenters. The molecular formula is C17H21N3O4S. The Labute approximate surface area is 146 Å². The van der Waals surface area contributed by atoms with E-state index in [2.05, 4.69) is 0 Å². The topological polar surface area (TPSA) is 81.4 Å². The van der Waals surface area contributed by atoms with Crippen molar-refractivity contribution in [3.05, 3.63) is 56.7 Å². The summed E-state index contributed by atoms with van der Waals surface area (Å²) in [4.78, 5) is 26.9. The Hall–Kier alpha value is -2.35. The minimum absolute atomic E-state index is 0.240. The van der Waals surface area contributed by atoms with E-state index < -0.39 is 9.84 Å². The lowest BCUT2D eigenvalue weighted by Crippen LogP contribution is -2.41. The van der Waals surface area contributed by atoms with Gasteiger partial charge in [0.2, 0.25) is 0 Å². The number of benzene rings is 1. The summed E-state index contributed by atoms with van der Waals surface area (Å²) in [7, 11) is -1.80. The van der Waals surface area contributed by atoms with E-state index in [1.54, 1.807) is 16.7 Å². The Morgan fingerprint density at radius 1 is 1.04 bits per heavy atom. The lowest BCUT2D eigenvalue weighted by atomic mass is 10.2. The van der Waals surface area contributed by atoms with Crippen molar-refractivity contribution in [1.82, 2.24) is 9.13 Å². The van der Waals surface area contributed by atoms with Gasteiger partial charge < -0.3 is 4.90 Å². The summed E-state index contributed by atoms with van der Waals surface area (Å²) < 4.78 is 25.8. The number of hydrogen-bond acceptors (Lipinski definition) is 5. The van der Waals surface area contributed by atoms with Gasteiger partial charge in [0.05, 0.1) is 11.4 Å². The SMILES string of the molecule is Cn1c(=O)cc(N2CCCC2)n(Cc2ccc(S(C)(=O)=O)cc2)c1=O. The van der Waals surface area contributed by atoms with Crippen molar-refractivity contribution in [2.45, 2.75) is 24.3 Å². The van der Waals surface area contributed by atoms with Crippen molar-refractivity contribution in [2.75, 3.05) is 24.2 Å². The van der Waals surface area contributed by atoms with Gasteiger partial charge >= 0.3 is 5.69 Å². The molecule has 1 aliphatic rings. The van der Waals surface area contributed by atoms with Crippen LogP contribution in [-0.4, -0.2) is 36.9 Å². The maximum Gasteiger partial charge on any atom is 0.332 e. The van der Waals surface area contributed by atoms with Gasteiger partial charge in [-0.25, -0.2) is 13.2 Å². The maximum atomic E-state index is 12.6. The van der Waals surface area contributed by atoms with Gasteiger partial charge in [-0.3, -0.25) is 13.9 Å². The van der Waals surface area contributed by atoms with E-state index >= 15 is 0 Å². The van der Waals surface area contributed by atoms with Crippen molar-refractivity contribution < 1.29 is 8.42 Å². The van der Waals surface area contributed by atoms with E-state index in [1.807, 2.05) is 4.90 Å². The van der Waals surface area contributed by atoms with E-state index in [4.69, 9.17) is 0 Å². The molecule has 8 heteroatoms. The summed E-state index contributed by atoms with van der Waals surface area (Å²) in [6.45, 7) is 1.92. The smallest absolute Gasteiger partial charge is 0.332 e. The first kappa shape index (κ1) is 17.5. The zero-order valence-electron chi connectivity index (χ0n) is 14.3. The molecule has 1 aromatic heterocycles. The summed E-state index contributed by atoms with van der Waals surface area (Å²) in [6, 6.07) is 7.96. The second-order valence-electron chi connectivity index (χ2n) is 6.38. The molecule has 2 aromatic rings. The van der Waals surface area contributed by atoms with Gasteiger partial charge in [0.1, 0.15) is 5.82 Å². The fourth-order valence-corrected chi connectivity index (χ4v) is 3.67. The van der Waals surface area contributed by atoms with E-state index in [9.17, 15) is 18.0 Å². The maximum absolute atomic E-state index is 12.6. The van der Waals surface area contributed by atoms with Gasteiger partial charge in [-0.05, 0) is 30.5 Å². The summed E-state index contributed by atoms with van der Waals surface area (Å²) in [5.74, 6) is 0.623. The van der Waals surface area contributed by atoms with Gasteiger partial charge in [-0.15, -0.1) is 0 Å². The third-order valence-corrected chi connectivity index (χ3v) is 5.63. The van der Waals surface area contributed by atoms with Crippen molar-refractivity contribution in [3.63, 3.8) is 0 Å². The minimum Gasteiger partial charge on any atom is -0.358 e. The highest BCUT2D eigenvalue weighted by Crippen LogP contribution is 2.19. The number of nitrogens with zero attached hydrogens (tertiary/aromatic N) is 3. The Morgan fingerprint density at radius 2 is 1.64 bits per heavy atom. The molecule has 25 heavy (non-hydrogen) atoms. The first-order valence-electron chi connectivity index (χ1n) is 8.12. The fraction of sp³-hybridized carbons (Fsp3) is 0.412. The Bertz CT molecular complexity index is 998. The molecule has 1 fully saturated rings. The molecule has 1 aromatic carbocycles. The Morgan fingerprint density at radius 3 is 2.20 bits per heavy atom. The van der Waals surface area contributed by atoms with Crippen molar-refractivity contribution >= 4 is 15.7 Å². The molecule has 0 N–H and O–H groups in total. The predicted molar refractivity (Wildman–Crippen MR) is 96.0 cm³/mol. The molecular weight excluding hydrogens is 342 g/mol. The molecule has 2 heterocycles. The molecule has 0 aliphatic carbocycles. The molecule has 3 rings (SSSR count). The van der Waals surface area contributed by atoms with Crippen molar-refractivity contribution in [2.24, 2.45) is 7.05 Å². The largest absolute Gasteiger partial charge is 0.358 e. The number of anilines is 1. The predicted octanol–water partition coefficient (Wildman–Crippen LogP) is 0.599. The zero-order valence-corrected chi connectivity index (χ0v) is 15.1. The monoisotopic (exact) mass is 363 g/mol. The summed E-state index contributed by atoms with van der Waals surface area (Å²) in [6.07, 6.45) is 3.23. The molecule has 0 radical (unpaired) electrons. The third kappa shape index (κ3) is 3.53. The average Bonchev–Trinajstić information content (AvgIpc) is 3.09. The average molecular weight is 363 g/mol. The molecule has 1 aliphatic heterocycles. The van der Waals surface area contributed by atoms with Gasteiger partial charge in [-0.1, -0.05) is 12.1 Å². The zero-order chi connectivity index (χ0) is 18.2. The summed E-state index contributed by atoms with van der Waals surface area (Å²) in [5.41, 5.74) is 0.103. The quantitative estimate of drug-likeness (QED) is 0.795. The highest BCUT2D eigenvalue weighted by molar-refractivity contribution is 7.90. The first-order chi connectivity index (χ1) is 11.8. The van der Waals surface area contributed by atoms with Crippen LogP contribution in [0.4, 0.5) is 5.82 Å². The molecule has 1 saturated heterocycles. The molecule has 0 spiro atoms. The second-order valence-corrected chi connectivity index (χ2v) is 8.39. The number of hydrogen-bond donors (Lipinski definition) is 0. The lowest BCUT2D eigenvalue weighted by molar-refractivity contribution is 0.601. The van der Waals surface area contributed by atoms with Crippen LogP contribution in [0.5, 0.6) is 0 Å². The first-order valence-corrected chi connectivity index (χ1v) is 10.0. The third-order valence-electron chi connectivity index (χ3n) is 4.50. The van der Waals surface area contributed by atoms with Gasteiger partial charge in [0.25, 0.3) is 5.56 Å². The van der Waals surface area contributed by atoms with Crippen LogP contribution in [0.3, 0.4) is 0 Å².